The minimum Gasteiger partial charge on any atom is -0.467 e. The second-order valence-electron chi connectivity index (χ2n) is 8.76. The molecule has 4 aromatic carbocycles. The fourth-order valence-electron chi connectivity index (χ4n) is 4.14. The Hall–Kier alpha value is -4.13. The second-order valence-corrected chi connectivity index (χ2v) is 9.58. The van der Waals surface area contributed by atoms with E-state index in [0.717, 1.165) is 22.3 Å². The van der Waals surface area contributed by atoms with Crippen molar-refractivity contribution in [3.8, 4) is 11.1 Å². The molecular weight excluding hydrogens is 535 g/mol. The lowest BCUT2D eigenvalue weighted by Gasteiger charge is -2.18. The maximum atomic E-state index is 13.0. The van der Waals surface area contributed by atoms with Crippen molar-refractivity contribution in [2.45, 2.75) is 19.0 Å². The number of hydrogen-bond acceptors (Lipinski definition) is 4. The molecule has 8 heteroatoms. The summed E-state index contributed by atoms with van der Waals surface area (Å²) in [6.07, 6.45) is 0.181. The highest BCUT2D eigenvalue weighted by Crippen LogP contribution is 2.26. The summed E-state index contributed by atoms with van der Waals surface area (Å²) < 4.78 is 4.91. The average molecular weight is 561 g/mol. The van der Waals surface area contributed by atoms with Crippen LogP contribution in [0.2, 0.25) is 10.0 Å². The van der Waals surface area contributed by atoms with Crippen LogP contribution in [0.1, 0.15) is 31.8 Å². The van der Waals surface area contributed by atoms with Crippen LogP contribution in [-0.2, 0) is 22.5 Å². The topological polar surface area (TPSA) is 84.5 Å². The van der Waals surface area contributed by atoms with Crippen LogP contribution in [0.4, 0.5) is 0 Å². The first-order chi connectivity index (χ1) is 18.9. The molecule has 4 rings (SSSR count). The van der Waals surface area contributed by atoms with Gasteiger partial charge in [0.1, 0.15) is 6.04 Å². The number of halogens is 2. The molecule has 2 N–H and O–H groups in total. The van der Waals surface area contributed by atoms with Crippen LogP contribution < -0.4 is 10.6 Å². The summed E-state index contributed by atoms with van der Waals surface area (Å²) >= 11 is 12.3. The summed E-state index contributed by atoms with van der Waals surface area (Å²) in [6.45, 7) is 0.424. The van der Waals surface area contributed by atoms with Crippen molar-refractivity contribution in [2.24, 2.45) is 0 Å². The van der Waals surface area contributed by atoms with Crippen LogP contribution in [0.15, 0.2) is 97.1 Å². The van der Waals surface area contributed by atoms with Crippen LogP contribution >= 0.6 is 23.2 Å². The zero-order valence-electron chi connectivity index (χ0n) is 21.1. The maximum Gasteiger partial charge on any atom is 0.328 e. The summed E-state index contributed by atoms with van der Waals surface area (Å²) in [4.78, 5) is 38.3. The van der Waals surface area contributed by atoms with E-state index in [2.05, 4.69) is 10.6 Å². The predicted octanol–water partition coefficient (Wildman–Crippen LogP) is 6.10. The van der Waals surface area contributed by atoms with E-state index in [1.165, 1.54) is 7.11 Å². The van der Waals surface area contributed by atoms with E-state index >= 15 is 0 Å². The zero-order valence-corrected chi connectivity index (χ0v) is 22.6. The number of amides is 2. The zero-order chi connectivity index (χ0) is 27.8. The van der Waals surface area contributed by atoms with Crippen molar-refractivity contribution in [3.63, 3.8) is 0 Å². The van der Waals surface area contributed by atoms with Gasteiger partial charge >= 0.3 is 5.97 Å². The molecule has 0 saturated carbocycles. The molecule has 0 bridgehead atoms. The molecule has 0 aliphatic heterocycles. The maximum absolute atomic E-state index is 13.0. The summed E-state index contributed by atoms with van der Waals surface area (Å²) in [7, 11) is 1.26. The Morgan fingerprint density at radius 2 is 1.38 bits per heavy atom. The van der Waals surface area contributed by atoms with E-state index in [-0.39, 0.29) is 27.9 Å². The molecule has 0 saturated heterocycles. The van der Waals surface area contributed by atoms with Gasteiger partial charge in [-0.3, -0.25) is 9.59 Å². The number of benzene rings is 4. The molecule has 0 heterocycles. The smallest absolute Gasteiger partial charge is 0.328 e. The van der Waals surface area contributed by atoms with E-state index in [1.54, 1.807) is 24.3 Å². The van der Waals surface area contributed by atoms with E-state index in [4.69, 9.17) is 27.9 Å². The van der Waals surface area contributed by atoms with Gasteiger partial charge in [0.25, 0.3) is 11.8 Å². The quantitative estimate of drug-likeness (QED) is 0.242. The van der Waals surface area contributed by atoms with Gasteiger partial charge in [-0.15, -0.1) is 0 Å². The standard InChI is InChI=1S/C31H26Cl2N2O4/c1-39-31(38)27(35-30(37)28-25(32)12-7-13-26(28)33)18-20-14-16-22(17-15-20)23-10-5-6-11-24(23)29(36)34-19-21-8-3-2-4-9-21/h2-17,27H,18-19H2,1H3,(H,34,36)(H,35,37)/t27-/m0/s1. The molecule has 0 aromatic heterocycles. The highest BCUT2D eigenvalue weighted by atomic mass is 35.5. The van der Waals surface area contributed by atoms with Gasteiger partial charge in [0.15, 0.2) is 0 Å². The number of hydrogen-bond donors (Lipinski definition) is 2. The van der Waals surface area contributed by atoms with E-state index in [9.17, 15) is 14.4 Å². The molecule has 0 aliphatic carbocycles. The van der Waals surface area contributed by atoms with Gasteiger partial charge < -0.3 is 15.4 Å². The SMILES string of the molecule is COC(=O)[C@H](Cc1ccc(-c2ccccc2C(=O)NCc2ccccc2)cc1)NC(=O)c1c(Cl)cccc1Cl. The minimum atomic E-state index is -0.961. The predicted molar refractivity (Wildman–Crippen MR) is 153 cm³/mol. The summed E-state index contributed by atoms with van der Waals surface area (Å²) in [5, 5.41) is 6.01. The van der Waals surface area contributed by atoms with Gasteiger partial charge in [-0.05, 0) is 40.5 Å². The first kappa shape index (κ1) is 27.9. The molecule has 2 amide bonds. The minimum absolute atomic E-state index is 0.0900. The van der Waals surface area contributed by atoms with Gasteiger partial charge in [-0.25, -0.2) is 4.79 Å². The van der Waals surface area contributed by atoms with E-state index in [0.29, 0.717) is 12.1 Å². The fourth-order valence-corrected chi connectivity index (χ4v) is 4.71. The number of ether oxygens (including phenoxy) is 1. The molecule has 39 heavy (non-hydrogen) atoms. The van der Waals surface area contributed by atoms with Gasteiger partial charge in [0.05, 0.1) is 22.7 Å². The molecule has 0 spiro atoms. The Labute approximate surface area is 236 Å². The van der Waals surface area contributed by atoms with Crippen molar-refractivity contribution >= 4 is 41.0 Å². The van der Waals surface area contributed by atoms with Crippen molar-refractivity contribution in [2.75, 3.05) is 7.11 Å². The third-order valence-electron chi connectivity index (χ3n) is 6.15. The van der Waals surface area contributed by atoms with Gasteiger partial charge in [0.2, 0.25) is 0 Å². The third-order valence-corrected chi connectivity index (χ3v) is 6.78. The number of rotatable bonds is 9. The second kappa shape index (κ2) is 13.1. The molecule has 198 valence electrons. The highest BCUT2D eigenvalue weighted by Gasteiger charge is 2.25. The summed E-state index contributed by atoms with van der Waals surface area (Å²) in [6, 6.07) is 28.3. The first-order valence-corrected chi connectivity index (χ1v) is 13.0. The van der Waals surface area contributed by atoms with Crippen molar-refractivity contribution < 1.29 is 19.1 Å². The fraction of sp³-hybridized carbons (Fsp3) is 0.129. The number of carbonyl (C=O) groups excluding carboxylic acids is 3. The molecule has 0 aliphatic rings. The van der Waals surface area contributed by atoms with Gasteiger partial charge in [-0.1, -0.05) is 102 Å². The third kappa shape index (κ3) is 7.05. The van der Waals surface area contributed by atoms with Crippen LogP contribution in [0.25, 0.3) is 11.1 Å². The van der Waals surface area contributed by atoms with Crippen molar-refractivity contribution in [3.05, 3.63) is 129 Å². The van der Waals surface area contributed by atoms with E-state index in [1.807, 2.05) is 72.8 Å². The Morgan fingerprint density at radius 1 is 0.744 bits per heavy atom. The molecule has 0 radical (unpaired) electrons. The van der Waals surface area contributed by atoms with Crippen LogP contribution in [-0.4, -0.2) is 30.9 Å². The molecule has 6 nitrogen and oxygen atoms in total. The van der Waals surface area contributed by atoms with Crippen molar-refractivity contribution in [1.29, 1.82) is 0 Å². The highest BCUT2D eigenvalue weighted by molar-refractivity contribution is 6.39. The van der Waals surface area contributed by atoms with Crippen LogP contribution in [0, 0.1) is 0 Å². The Balaban J connectivity index is 1.49. The normalized spacial score (nSPS) is 11.4. The summed E-state index contributed by atoms with van der Waals surface area (Å²) in [5.74, 6) is -1.35. The molecule has 4 aromatic rings. The van der Waals surface area contributed by atoms with Crippen LogP contribution in [0.5, 0.6) is 0 Å². The molecule has 0 unspecified atom stereocenters. The van der Waals surface area contributed by atoms with E-state index < -0.39 is 17.9 Å². The average Bonchev–Trinajstić information content (AvgIpc) is 2.96. The number of nitrogens with one attached hydrogen (secondary N) is 2. The summed E-state index contributed by atoms with van der Waals surface area (Å²) in [5.41, 5.74) is 4.05. The monoisotopic (exact) mass is 560 g/mol. The Morgan fingerprint density at radius 3 is 2.05 bits per heavy atom. The lowest BCUT2D eigenvalue weighted by Crippen LogP contribution is -2.43. The number of esters is 1. The molecule has 1 atom stereocenters. The van der Waals surface area contributed by atoms with Crippen LogP contribution in [0.3, 0.4) is 0 Å². The lowest BCUT2D eigenvalue weighted by molar-refractivity contribution is -0.142. The number of methoxy groups -OCH3 is 1. The van der Waals surface area contributed by atoms with Gasteiger partial charge in [-0.2, -0.15) is 0 Å². The molecule has 0 fully saturated rings. The Kier molecular flexibility index (Phi) is 9.36. The number of carbonyl (C=O) groups is 3. The molecular formula is C31H26Cl2N2O4. The van der Waals surface area contributed by atoms with Gasteiger partial charge in [0, 0.05) is 18.5 Å². The Bertz CT molecular complexity index is 1450. The lowest BCUT2D eigenvalue weighted by atomic mass is 9.96. The first-order valence-electron chi connectivity index (χ1n) is 12.2. The van der Waals surface area contributed by atoms with Crippen molar-refractivity contribution in [1.82, 2.24) is 10.6 Å². The largest absolute Gasteiger partial charge is 0.467 e.